The molecular formula is C19H22O3. The molecule has 1 aliphatic heterocycles. The molecule has 1 saturated heterocycles. The summed E-state index contributed by atoms with van der Waals surface area (Å²) in [6, 6.07) is 15.9. The van der Waals surface area contributed by atoms with E-state index in [1.165, 1.54) is 5.56 Å². The summed E-state index contributed by atoms with van der Waals surface area (Å²) in [5.74, 6) is 3.09. The lowest BCUT2D eigenvalue weighted by Crippen LogP contribution is -2.21. The maximum Gasteiger partial charge on any atom is 0.131 e. The summed E-state index contributed by atoms with van der Waals surface area (Å²) in [6.45, 7) is 4.51. The van der Waals surface area contributed by atoms with E-state index in [1.807, 2.05) is 48.5 Å². The Bertz CT molecular complexity index is 586. The minimum atomic E-state index is 0.593. The molecule has 0 N–H and O–H groups in total. The Morgan fingerprint density at radius 2 is 1.68 bits per heavy atom. The normalized spacial score (nSPS) is 15.5. The molecule has 0 radical (unpaired) electrons. The molecule has 1 heterocycles. The van der Waals surface area contributed by atoms with E-state index in [1.54, 1.807) is 0 Å². The van der Waals surface area contributed by atoms with E-state index in [-0.39, 0.29) is 0 Å². The Balaban J connectivity index is 1.58. The highest BCUT2D eigenvalue weighted by Crippen LogP contribution is 2.26. The van der Waals surface area contributed by atoms with Crippen LogP contribution < -0.4 is 9.47 Å². The minimum absolute atomic E-state index is 0.593. The predicted octanol–water partition coefficient (Wildman–Crippen LogP) is 4.59. The van der Waals surface area contributed by atoms with Crippen molar-refractivity contribution >= 4 is 0 Å². The Morgan fingerprint density at radius 3 is 2.45 bits per heavy atom. The molecule has 2 aromatic carbocycles. The van der Waals surface area contributed by atoms with Gasteiger partial charge in [0.15, 0.2) is 0 Å². The Kier molecular flexibility index (Phi) is 4.96. The second-order valence-corrected chi connectivity index (χ2v) is 5.76. The van der Waals surface area contributed by atoms with Crippen LogP contribution in [-0.4, -0.2) is 19.8 Å². The third-order valence-corrected chi connectivity index (χ3v) is 3.89. The molecule has 0 unspecified atom stereocenters. The van der Waals surface area contributed by atoms with Gasteiger partial charge < -0.3 is 14.2 Å². The van der Waals surface area contributed by atoms with E-state index in [9.17, 15) is 0 Å². The van der Waals surface area contributed by atoms with Gasteiger partial charge in [0.05, 0.1) is 6.61 Å². The maximum absolute atomic E-state index is 5.91. The van der Waals surface area contributed by atoms with E-state index in [4.69, 9.17) is 14.2 Å². The zero-order valence-corrected chi connectivity index (χ0v) is 13.0. The fourth-order valence-electron chi connectivity index (χ4n) is 2.50. The summed E-state index contributed by atoms with van der Waals surface area (Å²) in [4.78, 5) is 0. The molecule has 0 saturated carbocycles. The molecule has 0 aliphatic carbocycles. The number of rotatable bonds is 5. The van der Waals surface area contributed by atoms with E-state index in [0.717, 1.165) is 49.9 Å². The van der Waals surface area contributed by atoms with Gasteiger partial charge in [-0.05, 0) is 49.9 Å². The fourth-order valence-corrected chi connectivity index (χ4v) is 2.50. The second kappa shape index (κ2) is 7.32. The van der Waals surface area contributed by atoms with Crippen LogP contribution in [0.3, 0.4) is 0 Å². The molecule has 0 bridgehead atoms. The molecule has 3 nitrogen and oxygen atoms in total. The van der Waals surface area contributed by atoms with E-state index in [0.29, 0.717) is 5.92 Å². The molecule has 22 heavy (non-hydrogen) atoms. The zero-order valence-electron chi connectivity index (χ0n) is 13.0. The summed E-state index contributed by atoms with van der Waals surface area (Å²) in [7, 11) is 0. The van der Waals surface area contributed by atoms with Crippen LogP contribution in [0.15, 0.2) is 48.5 Å². The lowest BCUT2D eigenvalue weighted by atomic mass is 10.0. The van der Waals surface area contributed by atoms with Crippen molar-refractivity contribution in [3.8, 4) is 17.2 Å². The van der Waals surface area contributed by atoms with E-state index < -0.39 is 0 Å². The maximum atomic E-state index is 5.91. The van der Waals surface area contributed by atoms with Crippen LogP contribution in [0.4, 0.5) is 0 Å². The molecule has 0 atom stereocenters. The molecular weight excluding hydrogens is 276 g/mol. The van der Waals surface area contributed by atoms with Crippen LogP contribution in [0, 0.1) is 12.8 Å². The van der Waals surface area contributed by atoms with Crippen molar-refractivity contribution in [1.29, 1.82) is 0 Å². The number of ether oxygens (including phenoxy) is 3. The number of hydrogen-bond donors (Lipinski definition) is 0. The van der Waals surface area contributed by atoms with Gasteiger partial charge in [-0.15, -0.1) is 0 Å². The summed E-state index contributed by atoms with van der Waals surface area (Å²) < 4.78 is 17.1. The van der Waals surface area contributed by atoms with Crippen LogP contribution in [0.5, 0.6) is 17.2 Å². The monoisotopic (exact) mass is 298 g/mol. The first-order valence-electron chi connectivity index (χ1n) is 7.85. The van der Waals surface area contributed by atoms with Gasteiger partial charge in [-0.1, -0.05) is 23.8 Å². The highest BCUT2D eigenvalue weighted by atomic mass is 16.5. The van der Waals surface area contributed by atoms with Gasteiger partial charge in [0, 0.05) is 19.3 Å². The first-order chi connectivity index (χ1) is 10.8. The van der Waals surface area contributed by atoms with Gasteiger partial charge in [0.2, 0.25) is 0 Å². The minimum Gasteiger partial charge on any atom is -0.493 e. The molecule has 0 amide bonds. The SMILES string of the molecule is Cc1ccc(Oc2cccc(OCC3CCOCC3)c2)cc1. The van der Waals surface area contributed by atoms with Crippen molar-refractivity contribution in [3.63, 3.8) is 0 Å². The fraction of sp³-hybridized carbons (Fsp3) is 0.368. The average Bonchev–Trinajstić information content (AvgIpc) is 2.57. The lowest BCUT2D eigenvalue weighted by Gasteiger charge is -2.22. The molecule has 116 valence electrons. The van der Waals surface area contributed by atoms with Crippen molar-refractivity contribution < 1.29 is 14.2 Å². The largest absolute Gasteiger partial charge is 0.493 e. The summed E-state index contributed by atoms with van der Waals surface area (Å²) in [5, 5.41) is 0. The molecule has 0 aromatic heterocycles. The predicted molar refractivity (Wildman–Crippen MR) is 86.7 cm³/mol. The third kappa shape index (κ3) is 4.25. The highest BCUT2D eigenvalue weighted by Gasteiger charge is 2.14. The highest BCUT2D eigenvalue weighted by molar-refractivity contribution is 5.37. The van der Waals surface area contributed by atoms with E-state index in [2.05, 4.69) is 6.92 Å². The van der Waals surface area contributed by atoms with Gasteiger partial charge in [0.25, 0.3) is 0 Å². The molecule has 1 aliphatic rings. The molecule has 1 fully saturated rings. The van der Waals surface area contributed by atoms with E-state index >= 15 is 0 Å². The number of benzene rings is 2. The van der Waals surface area contributed by atoms with Gasteiger partial charge in [-0.3, -0.25) is 0 Å². The van der Waals surface area contributed by atoms with Crippen molar-refractivity contribution in [3.05, 3.63) is 54.1 Å². The van der Waals surface area contributed by atoms with Crippen LogP contribution in [0.25, 0.3) is 0 Å². The summed E-state index contributed by atoms with van der Waals surface area (Å²) in [6.07, 6.45) is 2.17. The second-order valence-electron chi connectivity index (χ2n) is 5.76. The Morgan fingerprint density at radius 1 is 0.955 bits per heavy atom. The first kappa shape index (κ1) is 14.9. The van der Waals surface area contributed by atoms with Crippen LogP contribution in [0.1, 0.15) is 18.4 Å². The summed E-state index contributed by atoms with van der Waals surface area (Å²) >= 11 is 0. The van der Waals surface area contributed by atoms with Crippen LogP contribution in [-0.2, 0) is 4.74 Å². The Hall–Kier alpha value is -2.00. The van der Waals surface area contributed by atoms with Crippen LogP contribution >= 0.6 is 0 Å². The number of aryl methyl sites for hydroxylation is 1. The zero-order chi connectivity index (χ0) is 15.2. The van der Waals surface area contributed by atoms with Crippen LogP contribution in [0.2, 0.25) is 0 Å². The lowest BCUT2D eigenvalue weighted by molar-refractivity contribution is 0.0497. The third-order valence-electron chi connectivity index (χ3n) is 3.89. The molecule has 2 aromatic rings. The standard InChI is InChI=1S/C19H22O3/c1-15-5-7-17(8-6-15)22-19-4-2-3-18(13-19)21-14-16-9-11-20-12-10-16/h2-8,13,16H,9-12,14H2,1H3. The van der Waals surface area contributed by atoms with Gasteiger partial charge >= 0.3 is 0 Å². The van der Waals surface area contributed by atoms with Gasteiger partial charge in [-0.25, -0.2) is 0 Å². The van der Waals surface area contributed by atoms with Crippen molar-refractivity contribution in [2.45, 2.75) is 19.8 Å². The van der Waals surface area contributed by atoms with Gasteiger partial charge in [0.1, 0.15) is 17.2 Å². The number of hydrogen-bond acceptors (Lipinski definition) is 3. The Labute approximate surface area is 131 Å². The first-order valence-corrected chi connectivity index (χ1v) is 7.85. The molecule has 0 spiro atoms. The average molecular weight is 298 g/mol. The quantitative estimate of drug-likeness (QED) is 0.808. The molecule has 3 rings (SSSR count). The van der Waals surface area contributed by atoms with Crippen molar-refractivity contribution in [1.82, 2.24) is 0 Å². The van der Waals surface area contributed by atoms with Gasteiger partial charge in [-0.2, -0.15) is 0 Å². The molecule has 3 heteroatoms. The van der Waals surface area contributed by atoms with Crippen molar-refractivity contribution in [2.75, 3.05) is 19.8 Å². The van der Waals surface area contributed by atoms with Crippen molar-refractivity contribution in [2.24, 2.45) is 5.92 Å². The summed E-state index contributed by atoms with van der Waals surface area (Å²) in [5.41, 5.74) is 1.22. The topological polar surface area (TPSA) is 27.7 Å². The smallest absolute Gasteiger partial charge is 0.131 e.